The smallest absolute Gasteiger partial charge is 0.346 e. The Kier molecular flexibility index (Phi) is 2.31. The van der Waals surface area contributed by atoms with E-state index in [2.05, 4.69) is 4.74 Å². The third kappa shape index (κ3) is 1.77. The molecule has 3 heteroatoms. The van der Waals surface area contributed by atoms with Gasteiger partial charge in [0.25, 0.3) is 0 Å². The average molecular weight is 204 g/mol. The van der Waals surface area contributed by atoms with E-state index in [1.165, 1.54) is 0 Å². The molecule has 0 unspecified atom stereocenters. The molecule has 78 valence electrons. The molecule has 0 amide bonds. The molecule has 3 nitrogen and oxygen atoms in total. The molecule has 0 spiro atoms. The molecule has 0 saturated heterocycles. The van der Waals surface area contributed by atoms with E-state index in [0.29, 0.717) is 12.0 Å². The van der Waals surface area contributed by atoms with Gasteiger partial charge < -0.3 is 4.74 Å². The summed E-state index contributed by atoms with van der Waals surface area (Å²) in [4.78, 5) is 22.6. The maximum Gasteiger partial charge on any atom is 0.346 e. The monoisotopic (exact) mass is 204 g/mol. The first kappa shape index (κ1) is 9.90. The first-order valence-corrected chi connectivity index (χ1v) is 4.93. The summed E-state index contributed by atoms with van der Waals surface area (Å²) in [5, 5.41) is 0. The van der Waals surface area contributed by atoms with Crippen molar-refractivity contribution >= 4 is 11.9 Å². The second-order valence-electron chi connectivity index (χ2n) is 3.86. The lowest BCUT2D eigenvalue weighted by Gasteiger charge is -2.07. The van der Waals surface area contributed by atoms with E-state index in [1.54, 1.807) is 6.07 Å². The zero-order valence-corrected chi connectivity index (χ0v) is 8.79. The van der Waals surface area contributed by atoms with Crippen molar-refractivity contribution < 1.29 is 14.3 Å². The lowest BCUT2D eigenvalue weighted by atomic mass is 9.97. The molecule has 0 aliphatic carbocycles. The van der Waals surface area contributed by atoms with Crippen LogP contribution < -0.4 is 0 Å². The van der Waals surface area contributed by atoms with Crippen LogP contribution in [0.25, 0.3) is 0 Å². The molecule has 1 aliphatic rings. The van der Waals surface area contributed by atoms with E-state index in [1.807, 2.05) is 19.9 Å². The number of benzene rings is 1. The summed E-state index contributed by atoms with van der Waals surface area (Å²) >= 11 is 0. The Morgan fingerprint density at radius 3 is 2.47 bits per heavy atom. The summed E-state index contributed by atoms with van der Waals surface area (Å²) < 4.78 is 4.65. The van der Waals surface area contributed by atoms with Gasteiger partial charge in [-0.15, -0.1) is 0 Å². The SMILES string of the molecule is Cc1cc2c(cc1C)C(=O)OC(=O)CC2. The Bertz CT molecular complexity index is 446. The number of aryl methyl sites for hydroxylation is 3. The average Bonchev–Trinajstić information content (AvgIpc) is 2.30. The molecule has 0 radical (unpaired) electrons. The molecule has 2 rings (SSSR count). The lowest BCUT2D eigenvalue weighted by molar-refractivity contribution is -0.137. The standard InChI is InChI=1S/C12H12O3/c1-7-5-9-3-4-11(13)15-12(14)10(9)6-8(7)2/h5-6H,3-4H2,1-2H3. The van der Waals surface area contributed by atoms with Gasteiger partial charge in [0.2, 0.25) is 0 Å². The number of cyclic esters (lactones) is 2. The number of hydrogen-bond donors (Lipinski definition) is 0. The largest absolute Gasteiger partial charge is 0.389 e. The molecule has 15 heavy (non-hydrogen) atoms. The van der Waals surface area contributed by atoms with Crippen molar-refractivity contribution in [1.29, 1.82) is 0 Å². The molecular weight excluding hydrogens is 192 g/mol. The Balaban J connectivity index is 2.54. The van der Waals surface area contributed by atoms with Crippen LogP contribution in [0.3, 0.4) is 0 Å². The van der Waals surface area contributed by atoms with E-state index in [0.717, 1.165) is 16.7 Å². The second-order valence-corrected chi connectivity index (χ2v) is 3.86. The molecule has 0 aromatic heterocycles. The maximum absolute atomic E-state index is 11.5. The first-order valence-electron chi connectivity index (χ1n) is 4.93. The quantitative estimate of drug-likeness (QED) is 0.479. The highest BCUT2D eigenvalue weighted by atomic mass is 16.6. The number of rotatable bonds is 0. The van der Waals surface area contributed by atoms with Crippen LogP contribution >= 0.6 is 0 Å². The summed E-state index contributed by atoms with van der Waals surface area (Å²) in [6, 6.07) is 3.76. The van der Waals surface area contributed by atoms with Crippen LogP contribution in [0.4, 0.5) is 0 Å². The molecule has 1 heterocycles. The number of carbonyl (C=O) groups is 2. The van der Waals surface area contributed by atoms with Gasteiger partial charge in [-0.25, -0.2) is 4.79 Å². The van der Waals surface area contributed by atoms with E-state index in [-0.39, 0.29) is 6.42 Å². The zero-order valence-electron chi connectivity index (χ0n) is 8.79. The number of fused-ring (bicyclic) bond motifs is 1. The third-order valence-electron chi connectivity index (χ3n) is 2.74. The highest BCUT2D eigenvalue weighted by molar-refractivity contribution is 5.99. The van der Waals surface area contributed by atoms with Gasteiger partial charge in [-0.1, -0.05) is 6.07 Å². The minimum absolute atomic E-state index is 0.279. The number of carbonyl (C=O) groups excluding carboxylic acids is 2. The van der Waals surface area contributed by atoms with E-state index < -0.39 is 11.9 Å². The fourth-order valence-electron chi connectivity index (χ4n) is 1.72. The molecular formula is C12H12O3. The van der Waals surface area contributed by atoms with Crippen LogP contribution in [-0.4, -0.2) is 11.9 Å². The molecule has 0 fully saturated rings. The fraction of sp³-hybridized carbons (Fsp3) is 0.333. The van der Waals surface area contributed by atoms with Crippen LogP contribution in [0, 0.1) is 13.8 Å². The maximum atomic E-state index is 11.5. The first-order chi connectivity index (χ1) is 7.08. The third-order valence-corrected chi connectivity index (χ3v) is 2.74. The van der Waals surface area contributed by atoms with Crippen molar-refractivity contribution in [2.45, 2.75) is 26.7 Å². The predicted octanol–water partition coefficient (Wildman–Crippen LogP) is 1.93. The Morgan fingerprint density at radius 2 is 1.73 bits per heavy atom. The molecule has 0 saturated carbocycles. The molecule has 0 atom stereocenters. The van der Waals surface area contributed by atoms with Crippen molar-refractivity contribution in [3.63, 3.8) is 0 Å². The van der Waals surface area contributed by atoms with Crippen molar-refractivity contribution in [3.05, 3.63) is 34.4 Å². The van der Waals surface area contributed by atoms with E-state index in [9.17, 15) is 9.59 Å². The summed E-state index contributed by atoms with van der Waals surface area (Å²) in [6.45, 7) is 3.93. The van der Waals surface area contributed by atoms with Gasteiger partial charge in [-0.3, -0.25) is 4.79 Å². The fourth-order valence-corrected chi connectivity index (χ4v) is 1.72. The summed E-state index contributed by atoms with van der Waals surface area (Å²) in [7, 11) is 0. The van der Waals surface area contributed by atoms with Gasteiger partial charge in [0.1, 0.15) is 0 Å². The highest BCUT2D eigenvalue weighted by Gasteiger charge is 2.22. The second kappa shape index (κ2) is 3.50. The molecule has 0 N–H and O–H groups in total. The minimum Gasteiger partial charge on any atom is -0.389 e. The number of hydrogen-bond acceptors (Lipinski definition) is 3. The summed E-state index contributed by atoms with van der Waals surface area (Å²) in [6.07, 6.45) is 0.863. The van der Waals surface area contributed by atoms with Crippen LogP contribution in [-0.2, 0) is 16.0 Å². The van der Waals surface area contributed by atoms with Crippen molar-refractivity contribution in [1.82, 2.24) is 0 Å². The van der Waals surface area contributed by atoms with Gasteiger partial charge in [0.05, 0.1) is 12.0 Å². The van der Waals surface area contributed by atoms with Crippen LogP contribution in [0.2, 0.25) is 0 Å². The van der Waals surface area contributed by atoms with E-state index >= 15 is 0 Å². The molecule has 0 bridgehead atoms. The predicted molar refractivity (Wildman–Crippen MR) is 54.7 cm³/mol. The molecule has 1 aromatic carbocycles. The summed E-state index contributed by atoms with van der Waals surface area (Å²) in [5.41, 5.74) is 3.62. The van der Waals surface area contributed by atoms with Gasteiger partial charge >= 0.3 is 11.9 Å². The number of ether oxygens (including phenoxy) is 1. The van der Waals surface area contributed by atoms with Gasteiger partial charge in [-0.05, 0) is 43.0 Å². The van der Waals surface area contributed by atoms with Gasteiger partial charge in [0, 0.05) is 0 Å². The van der Waals surface area contributed by atoms with Crippen LogP contribution in [0.5, 0.6) is 0 Å². The number of esters is 2. The Morgan fingerprint density at radius 1 is 1.07 bits per heavy atom. The zero-order chi connectivity index (χ0) is 11.0. The van der Waals surface area contributed by atoms with Crippen molar-refractivity contribution in [3.8, 4) is 0 Å². The molecule has 1 aliphatic heterocycles. The Hall–Kier alpha value is -1.64. The minimum atomic E-state index is -0.518. The van der Waals surface area contributed by atoms with E-state index in [4.69, 9.17) is 0 Å². The summed E-state index contributed by atoms with van der Waals surface area (Å²) in [5.74, 6) is -0.956. The van der Waals surface area contributed by atoms with Gasteiger partial charge in [-0.2, -0.15) is 0 Å². The Labute approximate surface area is 88.1 Å². The van der Waals surface area contributed by atoms with Crippen LogP contribution in [0.1, 0.15) is 33.5 Å². The van der Waals surface area contributed by atoms with Crippen molar-refractivity contribution in [2.75, 3.05) is 0 Å². The topological polar surface area (TPSA) is 43.4 Å². The van der Waals surface area contributed by atoms with Crippen LogP contribution in [0.15, 0.2) is 12.1 Å². The lowest BCUT2D eigenvalue weighted by Crippen LogP contribution is -2.09. The normalized spacial score (nSPS) is 15.6. The van der Waals surface area contributed by atoms with Gasteiger partial charge in [0.15, 0.2) is 0 Å². The highest BCUT2D eigenvalue weighted by Crippen LogP contribution is 2.21. The molecule has 1 aromatic rings. The van der Waals surface area contributed by atoms with Crippen molar-refractivity contribution in [2.24, 2.45) is 0 Å².